The molecule has 31 heavy (non-hydrogen) atoms. The van der Waals surface area contributed by atoms with Gasteiger partial charge < -0.3 is 9.64 Å². The molecule has 1 N–H and O–H groups in total. The van der Waals surface area contributed by atoms with Crippen molar-refractivity contribution >= 4 is 21.6 Å². The molecule has 1 heterocycles. The van der Waals surface area contributed by atoms with Crippen molar-refractivity contribution in [2.24, 2.45) is 0 Å². The Morgan fingerprint density at radius 1 is 0.968 bits per heavy atom. The second-order valence-corrected chi connectivity index (χ2v) is 9.20. The minimum Gasteiger partial charge on any atom is -0.484 e. The summed E-state index contributed by atoms with van der Waals surface area (Å²) >= 11 is 0. The fourth-order valence-corrected chi connectivity index (χ4v) is 4.68. The van der Waals surface area contributed by atoms with Gasteiger partial charge in [0.25, 0.3) is 15.9 Å². The van der Waals surface area contributed by atoms with Crippen molar-refractivity contribution in [2.45, 2.75) is 24.8 Å². The van der Waals surface area contributed by atoms with E-state index in [1.54, 1.807) is 29.2 Å². The Morgan fingerprint density at radius 2 is 1.65 bits per heavy atom. The number of amides is 1. The normalized spacial score (nSPS) is 13.4. The summed E-state index contributed by atoms with van der Waals surface area (Å²) in [5, 5.41) is 0. The predicted octanol–water partition coefficient (Wildman–Crippen LogP) is 3.76. The van der Waals surface area contributed by atoms with E-state index in [9.17, 15) is 13.2 Å². The molecular weight excluding hydrogens is 412 g/mol. The van der Waals surface area contributed by atoms with Crippen LogP contribution in [-0.2, 0) is 27.8 Å². The molecule has 0 aliphatic carbocycles. The summed E-state index contributed by atoms with van der Waals surface area (Å²) in [4.78, 5) is 14.4. The lowest BCUT2D eigenvalue weighted by Gasteiger charge is -2.28. The summed E-state index contributed by atoms with van der Waals surface area (Å²) in [7, 11) is -3.71. The molecule has 7 heteroatoms. The summed E-state index contributed by atoms with van der Waals surface area (Å²) in [6.07, 6.45) is 0.836. The largest absolute Gasteiger partial charge is 0.484 e. The number of hydrogen-bond donors (Lipinski definition) is 1. The van der Waals surface area contributed by atoms with Crippen molar-refractivity contribution < 1.29 is 17.9 Å². The number of aryl methyl sites for hydroxylation is 1. The molecular formula is C24H24N2O4S. The maximum atomic E-state index is 12.6. The Morgan fingerprint density at radius 3 is 2.39 bits per heavy atom. The molecule has 0 atom stereocenters. The van der Waals surface area contributed by atoms with Crippen LogP contribution in [0.15, 0.2) is 77.7 Å². The molecule has 1 amide bonds. The first-order valence-corrected chi connectivity index (χ1v) is 11.6. The number of para-hydroxylation sites is 1. The van der Waals surface area contributed by atoms with Crippen LogP contribution < -0.4 is 9.46 Å². The number of sulfonamides is 1. The molecule has 3 aromatic carbocycles. The van der Waals surface area contributed by atoms with Gasteiger partial charge in [0.1, 0.15) is 5.75 Å². The highest BCUT2D eigenvalue weighted by Crippen LogP contribution is 2.22. The zero-order valence-corrected chi connectivity index (χ0v) is 18.1. The number of carbonyl (C=O) groups excluding carboxylic acids is 1. The second-order valence-electron chi connectivity index (χ2n) is 7.51. The van der Waals surface area contributed by atoms with E-state index in [-0.39, 0.29) is 17.4 Å². The average molecular weight is 437 g/mol. The molecule has 3 aromatic rings. The molecule has 1 aliphatic rings. The number of ether oxygens (including phenoxy) is 1. The Hall–Kier alpha value is -3.32. The van der Waals surface area contributed by atoms with Crippen LogP contribution in [0, 0.1) is 6.92 Å². The third kappa shape index (κ3) is 4.88. The highest BCUT2D eigenvalue weighted by molar-refractivity contribution is 7.92. The Bertz CT molecular complexity index is 1190. The molecule has 6 nitrogen and oxygen atoms in total. The SMILES string of the molecule is Cc1ccccc1NS(=O)(=O)c1ccc(OCC(=O)N2CCc3ccccc3C2)cc1. The van der Waals surface area contributed by atoms with Crippen molar-refractivity contribution in [1.29, 1.82) is 0 Å². The zero-order chi connectivity index (χ0) is 21.8. The number of nitrogens with zero attached hydrogens (tertiary/aromatic N) is 1. The summed E-state index contributed by atoms with van der Waals surface area (Å²) in [5.41, 5.74) is 3.82. The molecule has 4 rings (SSSR count). The topological polar surface area (TPSA) is 75.7 Å². The van der Waals surface area contributed by atoms with Gasteiger partial charge >= 0.3 is 0 Å². The van der Waals surface area contributed by atoms with Gasteiger partial charge in [-0.3, -0.25) is 9.52 Å². The van der Waals surface area contributed by atoms with E-state index in [1.807, 2.05) is 37.3 Å². The predicted molar refractivity (Wildman–Crippen MR) is 119 cm³/mol. The monoisotopic (exact) mass is 436 g/mol. The van der Waals surface area contributed by atoms with Crippen molar-refractivity contribution in [1.82, 2.24) is 4.90 Å². The Labute approximate surface area is 182 Å². The van der Waals surface area contributed by atoms with Crippen LogP contribution in [0.3, 0.4) is 0 Å². The number of rotatable bonds is 6. The van der Waals surface area contributed by atoms with Crippen LogP contribution >= 0.6 is 0 Å². The standard InChI is InChI=1S/C24H24N2O4S/c1-18-6-2-5-9-23(18)25-31(28,29)22-12-10-21(11-13-22)30-17-24(27)26-15-14-19-7-3-4-8-20(19)16-26/h2-13,25H,14-17H2,1H3. The van der Waals surface area contributed by atoms with Crippen LogP contribution in [0.4, 0.5) is 5.69 Å². The van der Waals surface area contributed by atoms with Gasteiger partial charge in [-0.05, 0) is 60.4 Å². The Balaban J connectivity index is 1.35. The molecule has 0 spiro atoms. The number of fused-ring (bicyclic) bond motifs is 1. The number of carbonyl (C=O) groups is 1. The van der Waals surface area contributed by atoms with Gasteiger partial charge in [-0.2, -0.15) is 0 Å². The fraction of sp³-hybridized carbons (Fsp3) is 0.208. The summed E-state index contributed by atoms with van der Waals surface area (Å²) in [6, 6.07) is 21.4. The van der Waals surface area contributed by atoms with Crippen LogP contribution in [0.25, 0.3) is 0 Å². The minimum absolute atomic E-state index is 0.0876. The van der Waals surface area contributed by atoms with E-state index in [0.717, 1.165) is 17.5 Å². The summed E-state index contributed by atoms with van der Waals surface area (Å²) in [6.45, 7) is 3.00. The van der Waals surface area contributed by atoms with Gasteiger partial charge in [-0.1, -0.05) is 42.5 Å². The first kappa shape index (κ1) is 20.9. The summed E-state index contributed by atoms with van der Waals surface area (Å²) < 4.78 is 33.5. The van der Waals surface area contributed by atoms with E-state index in [4.69, 9.17) is 4.74 Å². The second kappa shape index (κ2) is 8.81. The lowest BCUT2D eigenvalue weighted by atomic mass is 10.00. The number of anilines is 1. The number of nitrogens with one attached hydrogen (secondary N) is 1. The van der Waals surface area contributed by atoms with E-state index >= 15 is 0 Å². The van der Waals surface area contributed by atoms with Crippen molar-refractivity contribution in [3.63, 3.8) is 0 Å². The van der Waals surface area contributed by atoms with Gasteiger partial charge in [-0.25, -0.2) is 8.42 Å². The van der Waals surface area contributed by atoms with Crippen LogP contribution in [0.1, 0.15) is 16.7 Å². The first-order chi connectivity index (χ1) is 14.9. The zero-order valence-electron chi connectivity index (χ0n) is 17.2. The molecule has 0 bridgehead atoms. The van der Waals surface area contributed by atoms with Crippen LogP contribution in [0.5, 0.6) is 5.75 Å². The van der Waals surface area contributed by atoms with Gasteiger partial charge in [0.05, 0.1) is 10.6 Å². The maximum Gasteiger partial charge on any atom is 0.261 e. The quantitative estimate of drug-likeness (QED) is 0.638. The lowest BCUT2D eigenvalue weighted by molar-refractivity contribution is -0.134. The Kier molecular flexibility index (Phi) is 5.95. The minimum atomic E-state index is -3.71. The van der Waals surface area contributed by atoms with Crippen molar-refractivity contribution in [2.75, 3.05) is 17.9 Å². The van der Waals surface area contributed by atoms with Crippen LogP contribution in [-0.4, -0.2) is 32.4 Å². The third-order valence-electron chi connectivity index (χ3n) is 5.37. The van der Waals surface area contributed by atoms with Gasteiger partial charge in [0.15, 0.2) is 6.61 Å². The highest BCUT2D eigenvalue weighted by Gasteiger charge is 2.21. The number of benzene rings is 3. The third-order valence-corrected chi connectivity index (χ3v) is 6.75. The molecule has 0 saturated heterocycles. The molecule has 0 saturated carbocycles. The van der Waals surface area contributed by atoms with E-state index in [2.05, 4.69) is 10.8 Å². The lowest BCUT2D eigenvalue weighted by Crippen LogP contribution is -2.38. The van der Waals surface area contributed by atoms with Gasteiger partial charge in [-0.15, -0.1) is 0 Å². The van der Waals surface area contributed by atoms with E-state index < -0.39 is 10.0 Å². The smallest absolute Gasteiger partial charge is 0.261 e. The van der Waals surface area contributed by atoms with E-state index in [1.165, 1.54) is 17.7 Å². The van der Waals surface area contributed by atoms with Gasteiger partial charge in [0, 0.05) is 13.1 Å². The fourth-order valence-electron chi connectivity index (χ4n) is 3.55. The maximum absolute atomic E-state index is 12.6. The molecule has 0 radical (unpaired) electrons. The van der Waals surface area contributed by atoms with E-state index in [0.29, 0.717) is 24.5 Å². The molecule has 0 unspecified atom stereocenters. The van der Waals surface area contributed by atoms with Crippen LogP contribution in [0.2, 0.25) is 0 Å². The van der Waals surface area contributed by atoms with Crippen molar-refractivity contribution in [3.8, 4) is 5.75 Å². The summed E-state index contributed by atoms with van der Waals surface area (Å²) in [5.74, 6) is 0.355. The molecule has 1 aliphatic heterocycles. The highest BCUT2D eigenvalue weighted by atomic mass is 32.2. The molecule has 160 valence electrons. The molecule has 0 fully saturated rings. The van der Waals surface area contributed by atoms with Crippen molar-refractivity contribution in [3.05, 3.63) is 89.5 Å². The number of hydrogen-bond acceptors (Lipinski definition) is 4. The first-order valence-electron chi connectivity index (χ1n) is 10.1. The molecule has 0 aromatic heterocycles. The average Bonchev–Trinajstić information content (AvgIpc) is 2.79. The van der Waals surface area contributed by atoms with Gasteiger partial charge in [0.2, 0.25) is 0 Å².